The topological polar surface area (TPSA) is 84.9 Å². The van der Waals surface area contributed by atoms with Crippen LogP contribution in [-0.4, -0.2) is 41.2 Å². The van der Waals surface area contributed by atoms with Gasteiger partial charge in [-0.25, -0.2) is 12.8 Å². The molecule has 0 saturated carbocycles. The van der Waals surface area contributed by atoms with E-state index in [2.05, 4.69) is 4.72 Å². The van der Waals surface area contributed by atoms with Gasteiger partial charge in [0.25, 0.3) is 15.9 Å². The van der Waals surface area contributed by atoms with Crippen LogP contribution in [0.5, 0.6) is 5.75 Å². The van der Waals surface area contributed by atoms with Crippen molar-refractivity contribution in [3.8, 4) is 5.75 Å². The van der Waals surface area contributed by atoms with E-state index < -0.39 is 15.8 Å². The maximum Gasteiger partial charge on any atom is 0.262 e. The lowest BCUT2D eigenvalue weighted by molar-refractivity contribution is -0.122. The molecule has 0 bridgehead atoms. The molecule has 0 radical (unpaired) electrons. The Kier molecular flexibility index (Phi) is 6.39. The zero-order valence-electron chi connectivity index (χ0n) is 16.3. The van der Waals surface area contributed by atoms with Crippen LogP contribution in [0.3, 0.4) is 0 Å². The smallest absolute Gasteiger partial charge is 0.262 e. The SMILES string of the molecule is CCOc1ccc(S(=O)(=O)Nc2ccc3c(c2)N(C(=O)COC)CCC3)cc1F. The number of anilines is 2. The van der Waals surface area contributed by atoms with Crippen LogP contribution in [0.25, 0.3) is 0 Å². The summed E-state index contributed by atoms with van der Waals surface area (Å²) >= 11 is 0. The van der Waals surface area contributed by atoms with Crippen molar-refractivity contribution in [2.75, 3.05) is 36.5 Å². The molecule has 29 heavy (non-hydrogen) atoms. The molecule has 2 aromatic rings. The summed E-state index contributed by atoms with van der Waals surface area (Å²) in [4.78, 5) is 13.7. The molecule has 0 aromatic heterocycles. The van der Waals surface area contributed by atoms with Gasteiger partial charge in [0.15, 0.2) is 11.6 Å². The van der Waals surface area contributed by atoms with E-state index in [4.69, 9.17) is 9.47 Å². The predicted octanol–water partition coefficient (Wildman–Crippen LogP) is 2.95. The zero-order chi connectivity index (χ0) is 21.0. The highest BCUT2D eigenvalue weighted by molar-refractivity contribution is 7.92. The van der Waals surface area contributed by atoms with Gasteiger partial charge in [0.05, 0.1) is 17.2 Å². The van der Waals surface area contributed by atoms with Gasteiger partial charge in [-0.15, -0.1) is 0 Å². The highest BCUT2D eigenvalue weighted by Gasteiger charge is 2.24. The van der Waals surface area contributed by atoms with Gasteiger partial charge in [-0.3, -0.25) is 9.52 Å². The Morgan fingerprint density at radius 2 is 2.03 bits per heavy atom. The number of aryl methyl sites for hydroxylation is 1. The molecule has 0 unspecified atom stereocenters. The number of benzene rings is 2. The standard InChI is InChI=1S/C20H23FN2O5S/c1-3-28-19-9-8-16(12-17(19)21)29(25,26)22-15-7-6-14-5-4-10-23(18(14)11-15)20(24)13-27-2/h6-9,11-12,22H,3-5,10,13H2,1-2H3. The summed E-state index contributed by atoms with van der Waals surface area (Å²) in [6.07, 6.45) is 1.61. The molecule has 0 fully saturated rings. The van der Waals surface area contributed by atoms with E-state index >= 15 is 0 Å². The molecule has 0 aliphatic carbocycles. The fourth-order valence-electron chi connectivity index (χ4n) is 3.23. The van der Waals surface area contributed by atoms with Crippen LogP contribution in [0.1, 0.15) is 18.9 Å². The highest BCUT2D eigenvalue weighted by Crippen LogP contribution is 2.31. The average molecular weight is 422 g/mol. The lowest BCUT2D eigenvalue weighted by atomic mass is 10.0. The van der Waals surface area contributed by atoms with Crippen molar-refractivity contribution < 1.29 is 27.1 Å². The van der Waals surface area contributed by atoms with Crippen LogP contribution in [0.15, 0.2) is 41.3 Å². The van der Waals surface area contributed by atoms with Gasteiger partial charge in [-0.05, 0) is 55.7 Å². The molecule has 7 nitrogen and oxygen atoms in total. The lowest BCUT2D eigenvalue weighted by Gasteiger charge is -2.30. The monoisotopic (exact) mass is 422 g/mol. The van der Waals surface area contributed by atoms with Crippen molar-refractivity contribution in [1.29, 1.82) is 0 Å². The number of carbonyl (C=O) groups excluding carboxylic acids is 1. The molecule has 0 spiro atoms. The minimum absolute atomic E-state index is 0.00692. The number of fused-ring (bicyclic) bond motifs is 1. The van der Waals surface area contributed by atoms with Crippen molar-refractivity contribution in [3.63, 3.8) is 0 Å². The van der Waals surface area contributed by atoms with E-state index in [0.29, 0.717) is 12.2 Å². The molecule has 1 heterocycles. The molecule has 2 aromatic carbocycles. The molecule has 9 heteroatoms. The number of hydrogen-bond acceptors (Lipinski definition) is 5. The number of sulfonamides is 1. The van der Waals surface area contributed by atoms with E-state index in [0.717, 1.165) is 24.5 Å². The van der Waals surface area contributed by atoms with Gasteiger partial charge in [0.1, 0.15) is 6.61 Å². The quantitative estimate of drug-likeness (QED) is 0.742. The molecule has 3 rings (SSSR count). The molecule has 1 N–H and O–H groups in total. The molecule has 0 atom stereocenters. The van der Waals surface area contributed by atoms with E-state index in [-0.39, 0.29) is 35.5 Å². The fraction of sp³-hybridized carbons (Fsp3) is 0.350. The maximum absolute atomic E-state index is 14.1. The largest absolute Gasteiger partial charge is 0.491 e. The van der Waals surface area contributed by atoms with Crippen LogP contribution in [0.2, 0.25) is 0 Å². The fourth-order valence-corrected chi connectivity index (χ4v) is 4.29. The Balaban J connectivity index is 1.87. The number of carbonyl (C=O) groups is 1. The average Bonchev–Trinajstić information content (AvgIpc) is 2.69. The van der Waals surface area contributed by atoms with Crippen molar-refractivity contribution in [2.24, 2.45) is 0 Å². The summed E-state index contributed by atoms with van der Waals surface area (Å²) in [7, 11) is -2.57. The van der Waals surface area contributed by atoms with Crippen LogP contribution in [0.4, 0.5) is 15.8 Å². The number of hydrogen-bond donors (Lipinski definition) is 1. The molecule has 0 saturated heterocycles. The number of amides is 1. The van der Waals surface area contributed by atoms with E-state index in [1.807, 2.05) is 0 Å². The normalized spacial score (nSPS) is 13.7. The Hall–Kier alpha value is -2.65. The van der Waals surface area contributed by atoms with Gasteiger partial charge >= 0.3 is 0 Å². The van der Waals surface area contributed by atoms with Gasteiger partial charge in [0, 0.05) is 19.3 Å². The Morgan fingerprint density at radius 1 is 1.24 bits per heavy atom. The van der Waals surface area contributed by atoms with Crippen molar-refractivity contribution in [3.05, 3.63) is 47.8 Å². The third-order valence-corrected chi connectivity index (χ3v) is 5.92. The summed E-state index contributed by atoms with van der Waals surface area (Å²) < 4.78 is 51.9. The Labute approximate surface area is 169 Å². The lowest BCUT2D eigenvalue weighted by Crippen LogP contribution is -2.37. The van der Waals surface area contributed by atoms with Gasteiger partial charge in [-0.1, -0.05) is 6.07 Å². The first-order valence-electron chi connectivity index (χ1n) is 9.23. The van der Waals surface area contributed by atoms with Gasteiger partial charge in [0.2, 0.25) is 0 Å². The van der Waals surface area contributed by atoms with Crippen LogP contribution < -0.4 is 14.4 Å². The van der Waals surface area contributed by atoms with Gasteiger partial charge < -0.3 is 14.4 Å². The summed E-state index contributed by atoms with van der Waals surface area (Å²) in [6, 6.07) is 8.52. The molecule has 156 valence electrons. The number of nitrogens with zero attached hydrogens (tertiary/aromatic N) is 1. The second-order valence-electron chi connectivity index (χ2n) is 6.56. The molecule has 1 amide bonds. The molecule has 1 aliphatic heterocycles. The molecule has 1 aliphatic rings. The second-order valence-corrected chi connectivity index (χ2v) is 8.24. The number of halogens is 1. The maximum atomic E-state index is 14.1. The zero-order valence-corrected chi connectivity index (χ0v) is 17.1. The Bertz CT molecular complexity index is 1010. The molecular formula is C20H23FN2O5S. The minimum atomic E-state index is -4.02. The van der Waals surface area contributed by atoms with E-state index in [1.54, 1.807) is 30.0 Å². The highest BCUT2D eigenvalue weighted by atomic mass is 32.2. The number of rotatable bonds is 7. The third kappa shape index (κ3) is 4.68. The predicted molar refractivity (Wildman–Crippen MR) is 107 cm³/mol. The third-order valence-electron chi connectivity index (χ3n) is 4.54. The van der Waals surface area contributed by atoms with Crippen molar-refractivity contribution in [1.82, 2.24) is 0 Å². The first-order valence-corrected chi connectivity index (χ1v) is 10.7. The number of nitrogens with one attached hydrogen (secondary N) is 1. The summed E-state index contributed by atoms with van der Waals surface area (Å²) in [5.74, 6) is -0.953. The minimum Gasteiger partial charge on any atom is -0.491 e. The first-order chi connectivity index (χ1) is 13.9. The van der Waals surface area contributed by atoms with E-state index in [1.165, 1.54) is 19.2 Å². The van der Waals surface area contributed by atoms with Crippen LogP contribution in [-0.2, 0) is 26.0 Å². The van der Waals surface area contributed by atoms with Crippen molar-refractivity contribution >= 4 is 27.3 Å². The first kappa shape index (κ1) is 21.1. The molecular weight excluding hydrogens is 399 g/mol. The van der Waals surface area contributed by atoms with Crippen molar-refractivity contribution in [2.45, 2.75) is 24.7 Å². The van der Waals surface area contributed by atoms with Crippen LogP contribution in [0, 0.1) is 5.82 Å². The summed E-state index contributed by atoms with van der Waals surface area (Å²) in [6.45, 7) is 2.47. The van der Waals surface area contributed by atoms with Crippen LogP contribution >= 0.6 is 0 Å². The van der Waals surface area contributed by atoms with E-state index in [9.17, 15) is 17.6 Å². The Morgan fingerprint density at radius 3 is 2.72 bits per heavy atom. The number of methoxy groups -OCH3 is 1. The summed E-state index contributed by atoms with van der Waals surface area (Å²) in [5.41, 5.74) is 1.89. The second kappa shape index (κ2) is 8.79. The van der Waals surface area contributed by atoms with Gasteiger partial charge in [-0.2, -0.15) is 0 Å². The number of ether oxygens (including phenoxy) is 2. The summed E-state index contributed by atoms with van der Waals surface area (Å²) in [5, 5.41) is 0.